The molecule has 0 saturated carbocycles. The molecular formula is C14H20ClF3N2. The third kappa shape index (κ3) is 5.59. The molecule has 0 radical (unpaired) electrons. The largest absolute Gasteiger partial charge is 0.390 e. The van der Waals surface area contributed by atoms with E-state index < -0.39 is 12.6 Å². The zero-order valence-electron chi connectivity index (χ0n) is 11.7. The Morgan fingerprint density at radius 3 is 2.55 bits per heavy atom. The van der Waals surface area contributed by atoms with E-state index in [1.807, 2.05) is 6.92 Å². The smallest absolute Gasteiger partial charge is 0.374 e. The zero-order chi connectivity index (χ0) is 15.3. The number of anilines is 1. The van der Waals surface area contributed by atoms with Crippen LogP contribution in [0.25, 0.3) is 0 Å². The molecule has 20 heavy (non-hydrogen) atoms. The first-order chi connectivity index (χ1) is 9.23. The average Bonchev–Trinajstić information content (AvgIpc) is 2.35. The lowest BCUT2D eigenvalue weighted by Gasteiger charge is -2.24. The molecule has 1 unspecified atom stereocenters. The molecule has 0 spiro atoms. The summed E-state index contributed by atoms with van der Waals surface area (Å²) in [5, 5.41) is 0.566. The fourth-order valence-electron chi connectivity index (χ4n) is 1.93. The third-order valence-electron chi connectivity index (χ3n) is 3.19. The molecule has 114 valence electrons. The van der Waals surface area contributed by atoms with Gasteiger partial charge in [0, 0.05) is 30.3 Å². The second-order valence-electron chi connectivity index (χ2n) is 4.93. The highest BCUT2D eigenvalue weighted by Gasteiger charge is 2.27. The second-order valence-corrected chi connectivity index (χ2v) is 5.37. The first-order valence-corrected chi connectivity index (χ1v) is 6.92. The summed E-state index contributed by atoms with van der Waals surface area (Å²) in [5.74, 6) is 0. The monoisotopic (exact) mass is 308 g/mol. The minimum atomic E-state index is -4.15. The van der Waals surface area contributed by atoms with Crippen LogP contribution in [0.15, 0.2) is 18.2 Å². The number of nitrogens with two attached hydrogens (primary N) is 1. The van der Waals surface area contributed by atoms with E-state index in [2.05, 4.69) is 0 Å². The zero-order valence-corrected chi connectivity index (χ0v) is 12.4. The Morgan fingerprint density at radius 2 is 2.00 bits per heavy atom. The first kappa shape index (κ1) is 17.1. The Labute approximate surface area is 122 Å². The lowest BCUT2D eigenvalue weighted by atomic mass is 10.0. The molecule has 0 aromatic heterocycles. The Morgan fingerprint density at radius 1 is 1.35 bits per heavy atom. The molecule has 0 bridgehead atoms. The van der Waals surface area contributed by atoms with Crippen LogP contribution in [0.2, 0.25) is 5.02 Å². The second kappa shape index (κ2) is 7.18. The van der Waals surface area contributed by atoms with Crippen molar-refractivity contribution < 1.29 is 13.2 Å². The van der Waals surface area contributed by atoms with Gasteiger partial charge in [-0.05, 0) is 36.6 Å². The van der Waals surface area contributed by atoms with Crippen molar-refractivity contribution in [3.63, 3.8) is 0 Å². The van der Waals surface area contributed by atoms with Crippen LogP contribution < -0.4 is 10.6 Å². The third-order valence-corrected chi connectivity index (χ3v) is 3.43. The Bertz CT molecular complexity index is 435. The van der Waals surface area contributed by atoms with Gasteiger partial charge in [-0.15, -0.1) is 0 Å². The van der Waals surface area contributed by atoms with Gasteiger partial charge in [0.15, 0.2) is 0 Å². The lowest BCUT2D eigenvalue weighted by Crippen LogP contribution is -2.27. The summed E-state index contributed by atoms with van der Waals surface area (Å²) in [6.45, 7) is 1.89. The normalized spacial score (nSPS) is 13.3. The van der Waals surface area contributed by atoms with E-state index in [0.29, 0.717) is 11.4 Å². The fraction of sp³-hybridized carbons (Fsp3) is 0.571. The van der Waals surface area contributed by atoms with Gasteiger partial charge in [0.25, 0.3) is 0 Å². The van der Waals surface area contributed by atoms with Crippen molar-refractivity contribution in [2.24, 2.45) is 5.73 Å². The van der Waals surface area contributed by atoms with Crippen LogP contribution in [0.1, 0.15) is 25.3 Å². The summed E-state index contributed by atoms with van der Waals surface area (Å²) in [5.41, 5.74) is 7.56. The van der Waals surface area contributed by atoms with Crippen LogP contribution in [0.5, 0.6) is 0 Å². The van der Waals surface area contributed by atoms with E-state index in [1.54, 1.807) is 30.1 Å². The van der Waals surface area contributed by atoms with Crippen LogP contribution in [0.4, 0.5) is 18.9 Å². The molecule has 0 heterocycles. The molecule has 0 amide bonds. The number of halogens is 4. The van der Waals surface area contributed by atoms with E-state index in [4.69, 9.17) is 17.3 Å². The highest BCUT2D eigenvalue weighted by Crippen LogP contribution is 2.27. The van der Waals surface area contributed by atoms with Crippen molar-refractivity contribution in [2.75, 3.05) is 18.5 Å². The minimum Gasteiger partial charge on any atom is -0.374 e. The van der Waals surface area contributed by atoms with Crippen molar-refractivity contribution in [1.82, 2.24) is 0 Å². The fourth-order valence-corrected chi connectivity index (χ4v) is 2.13. The molecule has 0 fully saturated rings. The molecule has 0 aliphatic carbocycles. The average molecular weight is 309 g/mol. The van der Waals surface area contributed by atoms with Gasteiger partial charge in [0.2, 0.25) is 0 Å². The first-order valence-electron chi connectivity index (χ1n) is 6.55. The van der Waals surface area contributed by atoms with Gasteiger partial charge in [-0.3, -0.25) is 0 Å². The van der Waals surface area contributed by atoms with Crippen LogP contribution in [-0.2, 0) is 6.42 Å². The van der Waals surface area contributed by atoms with E-state index >= 15 is 0 Å². The van der Waals surface area contributed by atoms with Gasteiger partial charge in [-0.2, -0.15) is 13.2 Å². The van der Waals surface area contributed by atoms with Crippen molar-refractivity contribution in [3.8, 4) is 0 Å². The summed E-state index contributed by atoms with van der Waals surface area (Å²) in [4.78, 5) is 1.60. The lowest BCUT2D eigenvalue weighted by molar-refractivity contribution is -0.132. The molecule has 0 aliphatic heterocycles. The van der Waals surface area contributed by atoms with E-state index in [0.717, 1.165) is 17.7 Å². The molecular weight excluding hydrogens is 289 g/mol. The van der Waals surface area contributed by atoms with Crippen molar-refractivity contribution >= 4 is 17.3 Å². The maximum atomic E-state index is 12.3. The highest BCUT2D eigenvalue weighted by molar-refractivity contribution is 6.30. The number of hydrogen-bond acceptors (Lipinski definition) is 2. The molecule has 6 heteroatoms. The van der Waals surface area contributed by atoms with Gasteiger partial charge in [-0.1, -0.05) is 18.5 Å². The van der Waals surface area contributed by atoms with Crippen molar-refractivity contribution in [1.29, 1.82) is 0 Å². The van der Waals surface area contributed by atoms with Gasteiger partial charge < -0.3 is 10.6 Å². The maximum absolute atomic E-state index is 12.3. The molecule has 1 aromatic rings. The van der Waals surface area contributed by atoms with Crippen molar-refractivity contribution in [2.45, 2.75) is 38.4 Å². The summed E-state index contributed by atoms with van der Waals surface area (Å²) >= 11 is 5.96. The van der Waals surface area contributed by atoms with Gasteiger partial charge >= 0.3 is 6.18 Å². The van der Waals surface area contributed by atoms with Gasteiger partial charge in [0.1, 0.15) is 0 Å². The molecule has 1 rings (SSSR count). The van der Waals surface area contributed by atoms with E-state index in [9.17, 15) is 13.2 Å². The van der Waals surface area contributed by atoms with Crippen LogP contribution in [0, 0.1) is 0 Å². The standard InChI is InChI=1S/C14H20ClF3N2/c1-3-12(19)9-10-8-11(15)4-5-13(10)20(2)7-6-14(16,17)18/h4-5,8,12H,3,6-7,9,19H2,1-2H3. The van der Waals surface area contributed by atoms with Crippen LogP contribution in [-0.4, -0.2) is 25.8 Å². The highest BCUT2D eigenvalue weighted by atomic mass is 35.5. The minimum absolute atomic E-state index is 0.0248. The van der Waals surface area contributed by atoms with Crippen molar-refractivity contribution in [3.05, 3.63) is 28.8 Å². The number of nitrogens with zero attached hydrogens (tertiary/aromatic N) is 1. The summed E-state index contributed by atoms with van der Waals surface area (Å²) in [6, 6.07) is 5.18. The molecule has 1 atom stereocenters. The predicted octanol–water partition coefficient (Wildman–Crippen LogP) is 4.01. The number of hydrogen-bond donors (Lipinski definition) is 1. The number of benzene rings is 1. The molecule has 0 saturated heterocycles. The van der Waals surface area contributed by atoms with Gasteiger partial charge in [-0.25, -0.2) is 0 Å². The van der Waals surface area contributed by atoms with E-state index in [-0.39, 0.29) is 12.6 Å². The number of alkyl halides is 3. The summed E-state index contributed by atoms with van der Waals surface area (Å²) in [6.07, 6.45) is -3.59. The van der Waals surface area contributed by atoms with Crippen LogP contribution >= 0.6 is 11.6 Å². The van der Waals surface area contributed by atoms with E-state index in [1.165, 1.54) is 0 Å². The predicted molar refractivity (Wildman–Crippen MR) is 77.4 cm³/mol. The topological polar surface area (TPSA) is 29.3 Å². The summed E-state index contributed by atoms with van der Waals surface area (Å²) < 4.78 is 36.9. The Balaban J connectivity index is 2.87. The molecule has 2 N–H and O–H groups in total. The molecule has 2 nitrogen and oxygen atoms in total. The number of rotatable bonds is 6. The quantitative estimate of drug-likeness (QED) is 0.860. The van der Waals surface area contributed by atoms with Crippen LogP contribution in [0.3, 0.4) is 0 Å². The molecule has 0 aliphatic rings. The maximum Gasteiger partial charge on any atom is 0.390 e. The SMILES string of the molecule is CCC(N)Cc1cc(Cl)ccc1N(C)CCC(F)(F)F. The molecule has 1 aromatic carbocycles. The Hall–Kier alpha value is -0.940. The van der Waals surface area contributed by atoms with Gasteiger partial charge in [0.05, 0.1) is 6.42 Å². The summed E-state index contributed by atoms with van der Waals surface area (Å²) in [7, 11) is 1.65. The Kier molecular flexibility index (Phi) is 6.14.